The summed E-state index contributed by atoms with van der Waals surface area (Å²) >= 11 is 3.26. The maximum atomic E-state index is 13.4. The number of Topliss-reactive ketones (excluding diaryl/α,β-unsaturated/α-hetero) is 1. The zero-order valence-electron chi connectivity index (χ0n) is 19.8. The third-order valence-electron chi connectivity index (χ3n) is 7.03. The fourth-order valence-corrected chi connectivity index (χ4v) is 7.90. The number of thiophene rings is 2. The van der Waals surface area contributed by atoms with Gasteiger partial charge in [-0.1, -0.05) is 20.8 Å². The van der Waals surface area contributed by atoms with Crippen LogP contribution in [0.4, 0.5) is 5.00 Å². The van der Waals surface area contributed by atoms with Crippen LogP contribution in [0.3, 0.4) is 0 Å². The van der Waals surface area contributed by atoms with Crippen LogP contribution < -0.4 is 10.6 Å². The molecule has 0 saturated carbocycles. The van der Waals surface area contributed by atoms with E-state index in [0.717, 1.165) is 53.2 Å². The molecule has 0 spiro atoms. The minimum atomic E-state index is -0.440. The second-order valence-corrected chi connectivity index (χ2v) is 12.5. The molecule has 0 radical (unpaired) electrons. The molecule has 0 aromatic carbocycles. The number of nitrogens with two attached hydrogens (primary N) is 1. The van der Waals surface area contributed by atoms with Crippen molar-refractivity contribution in [3.63, 3.8) is 0 Å². The van der Waals surface area contributed by atoms with Crippen molar-refractivity contribution in [2.24, 2.45) is 5.73 Å². The Morgan fingerprint density at radius 2 is 1.79 bits per heavy atom. The Balaban J connectivity index is 1.73. The zero-order valence-corrected chi connectivity index (χ0v) is 21.5. The summed E-state index contributed by atoms with van der Waals surface area (Å²) < 4.78 is 0. The summed E-state index contributed by atoms with van der Waals surface area (Å²) in [6.07, 6.45) is 6.00. The van der Waals surface area contributed by atoms with Gasteiger partial charge in [-0.2, -0.15) is 10.5 Å². The number of rotatable bonds is 2. The highest BCUT2D eigenvalue weighted by molar-refractivity contribution is 7.16. The molecule has 7 heteroatoms. The van der Waals surface area contributed by atoms with Gasteiger partial charge in [-0.15, -0.1) is 22.7 Å². The topological polar surface area (TPSA) is 93.9 Å². The van der Waals surface area contributed by atoms with Gasteiger partial charge >= 0.3 is 0 Å². The maximum Gasteiger partial charge on any atom is 0.161 e. The van der Waals surface area contributed by atoms with E-state index in [2.05, 4.69) is 39.0 Å². The van der Waals surface area contributed by atoms with Gasteiger partial charge in [0.15, 0.2) is 5.78 Å². The van der Waals surface area contributed by atoms with Crippen LogP contribution in [0.1, 0.15) is 84.6 Å². The summed E-state index contributed by atoms with van der Waals surface area (Å²) in [4.78, 5) is 18.7. The van der Waals surface area contributed by atoms with E-state index in [1.54, 1.807) is 22.7 Å². The summed E-state index contributed by atoms with van der Waals surface area (Å²) in [6.45, 7) is 6.50. The number of aryl methyl sites for hydroxylation is 1. The fourth-order valence-electron chi connectivity index (χ4n) is 5.34. The average Bonchev–Trinajstić information content (AvgIpc) is 3.43. The van der Waals surface area contributed by atoms with Crippen LogP contribution in [-0.2, 0) is 23.1 Å². The highest BCUT2D eigenvalue weighted by atomic mass is 32.1. The predicted octanol–water partition coefficient (Wildman–Crippen LogP) is 6.16. The second kappa shape index (κ2) is 8.41. The van der Waals surface area contributed by atoms with Gasteiger partial charge in [0.25, 0.3) is 0 Å². The van der Waals surface area contributed by atoms with E-state index < -0.39 is 5.92 Å². The Morgan fingerprint density at radius 1 is 1.03 bits per heavy atom. The first-order valence-corrected chi connectivity index (χ1v) is 13.5. The first-order chi connectivity index (χ1) is 16.3. The molecular formula is C27H28N4OS2. The molecule has 1 atom stereocenters. The van der Waals surface area contributed by atoms with Crippen LogP contribution in [0, 0.1) is 22.7 Å². The van der Waals surface area contributed by atoms with Crippen molar-refractivity contribution in [2.75, 3.05) is 4.90 Å². The monoisotopic (exact) mass is 488 g/mol. The number of carbonyl (C=O) groups is 1. The van der Waals surface area contributed by atoms with Crippen molar-refractivity contribution in [1.82, 2.24) is 0 Å². The number of fused-ring (bicyclic) bond motifs is 1. The number of hydrogen-bond donors (Lipinski definition) is 1. The van der Waals surface area contributed by atoms with Gasteiger partial charge in [-0.25, -0.2) is 0 Å². The van der Waals surface area contributed by atoms with E-state index in [1.165, 1.54) is 9.75 Å². The molecule has 2 aliphatic carbocycles. The molecule has 0 bridgehead atoms. The summed E-state index contributed by atoms with van der Waals surface area (Å²) in [6, 6.07) is 8.94. The molecule has 2 N–H and O–H groups in total. The smallest absolute Gasteiger partial charge is 0.161 e. The van der Waals surface area contributed by atoms with Gasteiger partial charge in [-0.05, 0) is 61.6 Å². The Hall–Kier alpha value is -2.87. The highest BCUT2D eigenvalue weighted by Gasteiger charge is 2.42. The molecule has 5 nitrogen and oxygen atoms in total. The van der Waals surface area contributed by atoms with Gasteiger partial charge < -0.3 is 5.73 Å². The normalized spacial score (nSPS) is 20.7. The largest absolute Gasteiger partial charge is 0.384 e. The Morgan fingerprint density at radius 3 is 2.47 bits per heavy atom. The summed E-state index contributed by atoms with van der Waals surface area (Å²) in [5, 5.41) is 21.2. The van der Waals surface area contributed by atoms with Crippen LogP contribution in [0.15, 0.2) is 34.8 Å². The minimum Gasteiger partial charge on any atom is -0.384 e. The molecule has 0 unspecified atom stereocenters. The predicted molar refractivity (Wildman–Crippen MR) is 137 cm³/mol. The van der Waals surface area contributed by atoms with E-state index in [9.17, 15) is 15.3 Å². The van der Waals surface area contributed by atoms with Gasteiger partial charge in [0, 0.05) is 32.3 Å². The van der Waals surface area contributed by atoms with Gasteiger partial charge in [-0.3, -0.25) is 9.69 Å². The van der Waals surface area contributed by atoms with Crippen molar-refractivity contribution in [3.05, 3.63) is 60.6 Å². The van der Waals surface area contributed by atoms with Crippen molar-refractivity contribution in [3.8, 4) is 12.1 Å². The summed E-state index contributed by atoms with van der Waals surface area (Å²) in [5.41, 5.74) is 10.5. The maximum absolute atomic E-state index is 13.4. The summed E-state index contributed by atoms with van der Waals surface area (Å²) in [7, 11) is 0. The van der Waals surface area contributed by atoms with Crippen molar-refractivity contribution >= 4 is 33.5 Å². The number of carbonyl (C=O) groups excluding carboxylic acids is 1. The number of nitriles is 2. The van der Waals surface area contributed by atoms with Crippen LogP contribution in [-0.4, -0.2) is 5.78 Å². The fraction of sp³-hybridized carbons (Fsp3) is 0.444. The molecular weight excluding hydrogens is 460 g/mol. The lowest BCUT2D eigenvalue weighted by molar-refractivity contribution is -0.116. The zero-order chi connectivity index (χ0) is 24.2. The Labute approximate surface area is 208 Å². The summed E-state index contributed by atoms with van der Waals surface area (Å²) in [5.74, 6) is 0.00839. The number of anilines is 1. The first-order valence-electron chi connectivity index (χ1n) is 11.9. The van der Waals surface area contributed by atoms with Crippen molar-refractivity contribution in [1.29, 1.82) is 10.5 Å². The average molecular weight is 489 g/mol. The quantitative estimate of drug-likeness (QED) is 0.546. The molecule has 2 aromatic rings. The lowest BCUT2D eigenvalue weighted by Crippen LogP contribution is -2.38. The van der Waals surface area contributed by atoms with E-state index in [0.29, 0.717) is 35.4 Å². The highest BCUT2D eigenvalue weighted by Crippen LogP contribution is 2.51. The molecule has 0 fully saturated rings. The molecule has 3 heterocycles. The Bertz CT molecular complexity index is 1340. The van der Waals surface area contributed by atoms with Crippen LogP contribution in [0.5, 0.6) is 0 Å². The van der Waals surface area contributed by atoms with Gasteiger partial charge in [0.1, 0.15) is 16.9 Å². The van der Waals surface area contributed by atoms with E-state index in [-0.39, 0.29) is 11.2 Å². The van der Waals surface area contributed by atoms with Gasteiger partial charge in [0.2, 0.25) is 0 Å². The number of nitrogens with zero attached hydrogens (tertiary/aromatic N) is 3. The van der Waals surface area contributed by atoms with Crippen molar-refractivity contribution < 1.29 is 4.79 Å². The first kappa shape index (κ1) is 22.9. The number of ketones is 1. The lowest BCUT2D eigenvalue weighted by atomic mass is 9.78. The number of hydrogen-bond acceptors (Lipinski definition) is 7. The van der Waals surface area contributed by atoms with E-state index in [4.69, 9.17) is 5.73 Å². The molecule has 5 rings (SSSR count). The Kier molecular flexibility index (Phi) is 5.67. The third kappa shape index (κ3) is 3.50. The standard InChI is InChI=1S/C27H28N4OS2/c1-27(2,3)22-12-11-21(33-22)23-17(14-29)25(30)31(18-8-6-9-19(32)24(18)23)26-16(13-28)15-7-4-5-10-20(15)34-26/h11-12,23H,4-10,30H2,1-3H3/t23-/m1/s1. The third-order valence-corrected chi connectivity index (χ3v) is 9.88. The van der Waals surface area contributed by atoms with Crippen LogP contribution in [0.25, 0.3) is 0 Å². The SMILES string of the molecule is CC(C)(C)c1ccc([C@H]2C(C#N)=C(N)N(c3sc4c(c3C#N)CCCC4)C3=C2C(=O)CCC3)s1. The van der Waals surface area contributed by atoms with Crippen LogP contribution >= 0.6 is 22.7 Å². The number of allylic oxidation sites excluding steroid dienone is 3. The second-order valence-electron chi connectivity index (χ2n) is 10.3. The molecule has 0 saturated heterocycles. The van der Waals surface area contributed by atoms with Gasteiger partial charge in [0.05, 0.1) is 23.1 Å². The molecule has 174 valence electrons. The molecule has 34 heavy (non-hydrogen) atoms. The molecule has 3 aliphatic rings. The van der Waals surface area contributed by atoms with E-state index in [1.807, 2.05) is 11.0 Å². The minimum absolute atomic E-state index is 0.0167. The van der Waals surface area contributed by atoms with Crippen LogP contribution in [0.2, 0.25) is 0 Å². The van der Waals surface area contributed by atoms with Crippen molar-refractivity contribution in [2.45, 2.75) is 77.0 Å². The molecule has 1 aliphatic heterocycles. The molecule has 0 amide bonds. The lowest BCUT2D eigenvalue weighted by Gasteiger charge is -2.38. The van der Waals surface area contributed by atoms with E-state index >= 15 is 0 Å². The molecule has 2 aromatic heterocycles.